The first kappa shape index (κ1) is 26.1. The zero-order valence-electron chi connectivity index (χ0n) is 21.1. The average Bonchev–Trinajstić information content (AvgIpc) is 3.37. The molecule has 0 bridgehead atoms. The van der Waals surface area contributed by atoms with Gasteiger partial charge in [0.25, 0.3) is 0 Å². The molecule has 9 heteroatoms. The van der Waals surface area contributed by atoms with E-state index in [1.807, 2.05) is 24.3 Å². The minimum Gasteiger partial charge on any atom is -0.440 e. The van der Waals surface area contributed by atoms with Crippen LogP contribution in [0.1, 0.15) is 50.2 Å². The summed E-state index contributed by atoms with van der Waals surface area (Å²) < 4.78 is 43.6. The molecule has 2 aliphatic rings. The summed E-state index contributed by atoms with van der Waals surface area (Å²) in [6.07, 6.45) is 3.88. The van der Waals surface area contributed by atoms with Crippen LogP contribution in [0.4, 0.5) is 10.1 Å². The second kappa shape index (κ2) is 11.1. The molecule has 1 saturated heterocycles. The van der Waals surface area contributed by atoms with Crippen molar-refractivity contribution in [2.45, 2.75) is 44.4 Å². The first-order chi connectivity index (χ1) is 18.3. The van der Waals surface area contributed by atoms with Crippen molar-refractivity contribution in [1.82, 2.24) is 4.98 Å². The maximum atomic E-state index is 13.6. The van der Waals surface area contributed by atoms with Gasteiger partial charge in [-0.2, -0.15) is 5.26 Å². The Hall–Kier alpha value is -3.51. The number of carbonyl (C=O) groups is 1. The van der Waals surface area contributed by atoms with E-state index in [4.69, 9.17) is 14.7 Å². The van der Waals surface area contributed by atoms with Crippen LogP contribution in [-0.4, -0.2) is 43.8 Å². The molecule has 0 radical (unpaired) electrons. The number of benzene rings is 2. The summed E-state index contributed by atoms with van der Waals surface area (Å²) in [5.41, 5.74) is 3.07. The van der Waals surface area contributed by atoms with E-state index >= 15 is 0 Å². The topological polar surface area (TPSA) is 104 Å². The SMILES string of the molecule is N#CCCC(=O)[C@@H]1CCCC[C@H]1c1oc(-c2ccc(F)cc2)nc1-c1ccc(N2CCS(=O)(=O)CC2)cc1. The summed E-state index contributed by atoms with van der Waals surface area (Å²) in [5.74, 6) is 0.649. The van der Waals surface area contributed by atoms with Gasteiger partial charge in [0.1, 0.15) is 23.1 Å². The van der Waals surface area contributed by atoms with Crippen LogP contribution in [0, 0.1) is 23.1 Å². The molecule has 0 unspecified atom stereocenters. The number of hydrogen-bond donors (Lipinski definition) is 0. The molecule has 198 valence electrons. The van der Waals surface area contributed by atoms with Gasteiger partial charge in [0.2, 0.25) is 5.89 Å². The summed E-state index contributed by atoms with van der Waals surface area (Å²) in [5, 5.41) is 8.99. The van der Waals surface area contributed by atoms with Gasteiger partial charge in [0, 0.05) is 54.6 Å². The van der Waals surface area contributed by atoms with E-state index in [9.17, 15) is 17.6 Å². The van der Waals surface area contributed by atoms with Crippen LogP contribution in [-0.2, 0) is 14.6 Å². The highest BCUT2D eigenvalue weighted by molar-refractivity contribution is 7.91. The molecule has 38 heavy (non-hydrogen) atoms. The molecular weight excluding hydrogens is 505 g/mol. The lowest BCUT2D eigenvalue weighted by molar-refractivity contribution is -0.124. The number of sulfone groups is 1. The van der Waals surface area contributed by atoms with Gasteiger partial charge in [-0.15, -0.1) is 0 Å². The average molecular weight is 536 g/mol. The van der Waals surface area contributed by atoms with E-state index in [2.05, 4.69) is 11.0 Å². The Morgan fingerprint density at radius 3 is 2.37 bits per heavy atom. The van der Waals surface area contributed by atoms with Crippen LogP contribution in [0.3, 0.4) is 0 Å². The Morgan fingerprint density at radius 1 is 1.03 bits per heavy atom. The Bertz CT molecular complexity index is 1430. The molecule has 2 heterocycles. The molecular formula is C29H30FN3O4S. The highest BCUT2D eigenvalue weighted by Gasteiger charge is 2.36. The quantitative estimate of drug-likeness (QED) is 0.392. The van der Waals surface area contributed by atoms with E-state index in [0.717, 1.165) is 36.9 Å². The molecule has 1 aromatic heterocycles. The number of carbonyl (C=O) groups excluding carboxylic acids is 1. The minimum atomic E-state index is -2.97. The first-order valence-corrected chi connectivity index (χ1v) is 14.9. The summed E-state index contributed by atoms with van der Waals surface area (Å²) in [7, 11) is -2.97. The Kier molecular flexibility index (Phi) is 7.61. The van der Waals surface area contributed by atoms with E-state index in [1.54, 1.807) is 12.1 Å². The fourth-order valence-electron chi connectivity index (χ4n) is 5.50. The number of halogens is 1. The summed E-state index contributed by atoms with van der Waals surface area (Å²) in [4.78, 5) is 20.0. The third-order valence-corrected chi connectivity index (χ3v) is 9.20. The molecule has 1 saturated carbocycles. The number of Topliss-reactive ketones (excluding diaryl/α,β-unsaturated/α-hetero) is 1. The number of aromatic nitrogens is 1. The van der Waals surface area contributed by atoms with Crippen LogP contribution in [0.25, 0.3) is 22.7 Å². The molecule has 5 rings (SSSR count). The van der Waals surface area contributed by atoms with Gasteiger partial charge in [-0.3, -0.25) is 4.79 Å². The van der Waals surface area contributed by atoms with Crippen LogP contribution in [0.15, 0.2) is 52.9 Å². The lowest BCUT2D eigenvalue weighted by Crippen LogP contribution is -2.40. The Morgan fingerprint density at radius 2 is 1.68 bits per heavy atom. The second-order valence-electron chi connectivity index (χ2n) is 10.0. The van der Waals surface area contributed by atoms with Crippen LogP contribution < -0.4 is 4.90 Å². The monoisotopic (exact) mass is 535 g/mol. The third kappa shape index (κ3) is 5.65. The summed E-state index contributed by atoms with van der Waals surface area (Å²) in [6, 6.07) is 15.9. The van der Waals surface area contributed by atoms with Crippen molar-refractivity contribution in [1.29, 1.82) is 5.26 Å². The molecule has 7 nitrogen and oxygen atoms in total. The van der Waals surface area contributed by atoms with Gasteiger partial charge in [-0.05, 0) is 49.2 Å². The molecule has 0 N–H and O–H groups in total. The van der Waals surface area contributed by atoms with Crippen molar-refractivity contribution >= 4 is 21.3 Å². The molecule has 2 fully saturated rings. The van der Waals surface area contributed by atoms with Crippen LogP contribution in [0.5, 0.6) is 0 Å². The molecule has 1 aliphatic heterocycles. The van der Waals surface area contributed by atoms with E-state index in [-0.39, 0.29) is 47.8 Å². The fourth-order valence-corrected chi connectivity index (χ4v) is 6.70. The lowest BCUT2D eigenvalue weighted by atomic mass is 9.74. The van der Waals surface area contributed by atoms with Gasteiger partial charge < -0.3 is 9.32 Å². The molecule has 2 aromatic carbocycles. The highest BCUT2D eigenvalue weighted by Crippen LogP contribution is 2.44. The van der Waals surface area contributed by atoms with Gasteiger partial charge in [0.15, 0.2) is 9.84 Å². The number of nitrogens with zero attached hydrogens (tertiary/aromatic N) is 3. The van der Waals surface area contributed by atoms with Crippen LogP contribution >= 0.6 is 0 Å². The van der Waals surface area contributed by atoms with Crippen molar-refractivity contribution in [3.63, 3.8) is 0 Å². The van der Waals surface area contributed by atoms with Gasteiger partial charge in [-0.25, -0.2) is 17.8 Å². The van der Waals surface area contributed by atoms with E-state index < -0.39 is 9.84 Å². The zero-order chi connectivity index (χ0) is 26.7. The smallest absolute Gasteiger partial charge is 0.226 e. The number of hydrogen-bond acceptors (Lipinski definition) is 7. The highest BCUT2D eigenvalue weighted by atomic mass is 32.2. The van der Waals surface area contributed by atoms with E-state index in [1.165, 1.54) is 12.1 Å². The van der Waals surface area contributed by atoms with Gasteiger partial charge in [0.05, 0.1) is 17.6 Å². The Balaban J connectivity index is 1.50. The minimum absolute atomic E-state index is 0.0809. The van der Waals surface area contributed by atoms with Gasteiger partial charge >= 0.3 is 0 Å². The fraction of sp³-hybridized carbons (Fsp3) is 0.414. The predicted octanol–water partition coefficient (Wildman–Crippen LogP) is 5.53. The summed E-state index contributed by atoms with van der Waals surface area (Å²) >= 11 is 0. The zero-order valence-corrected chi connectivity index (χ0v) is 21.9. The molecule has 1 aliphatic carbocycles. The number of nitriles is 1. The van der Waals surface area contributed by atoms with Crippen molar-refractivity contribution < 1.29 is 22.0 Å². The maximum Gasteiger partial charge on any atom is 0.226 e. The van der Waals surface area contributed by atoms with Crippen molar-refractivity contribution in [2.75, 3.05) is 29.5 Å². The second-order valence-corrected chi connectivity index (χ2v) is 12.4. The third-order valence-electron chi connectivity index (χ3n) is 7.59. The molecule has 0 amide bonds. The number of oxazole rings is 1. The standard InChI is InChI=1S/C29H30FN3O4S/c30-22-11-7-21(8-12-22)29-32-27(20-9-13-23(14-10-20)33-16-18-38(35,36)19-17-33)28(37-29)25-5-2-1-4-24(25)26(34)6-3-15-31/h7-14,24-25H,1-6,16-19H2/t24-,25-/m1/s1. The normalized spacial score (nSPS) is 21.1. The van der Waals surface area contributed by atoms with Crippen molar-refractivity contribution in [3.8, 4) is 28.8 Å². The lowest BCUT2D eigenvalue weighted by Gasteiger charge is -2.30. The van der Waals surface area contributed by atoms with Crippen molar-refractivity contribution in [2.24, 2.45) is 5.92 Å². The number of rotatable bonds is 7. The summed E-state index contributed by atoms with van der Waals surface area (Å²) in [6.45, 7) is 0.917. The maximum absolute atomic E-state index is 13.6. The predicted molar refractivity (Wildman–Crippen MR) is 143 cm³/mol. The van der Waals surface area contributed by atoms with Crippen molar-refractivity contribution in [3.05, 3.63) is 60.1 Å². The molecule has 0 spiro atoms. The Labute approximate surface area is 222 Å². The largest absolute Gasteiger partial charge is 0.440 e. The first-order valence-electron chi connectivity index (χ1n) is 13.1. The number of anilines is 1. The van der Waals surface area contributed by atoms with E-state index in [0.29, 0.717) is 36.0 Å². The molecule has 3 aromatic rings. The van der Waals surface area contributed by atoms with Crippen LogP contribution in [0.2, 0.25) is 0 Å². The number of ketones is 1. The molecule has 2 atom stereocenters. The van der Waals surface area contributed by atoms with Gasteiger partial charge in [-0.1, -0.05) is 25.0 Å².